The van der Waals surface area contributed by atoms with E-state index in [9.17, 15) is 4.39 Å². The molecule has 0 atom stereocenters. The van der Waals surface area contributed by atoms with Crippen LogP contribution in [0.3, 0.4) is 0 Å². The summed E-state index contributed by atoms with van der Waals surface area (Å²) in [7, 11) is 0. The maximum absolute atomic E-state index is 13.2. The van der Waals surface area contributed by atoms with Crippen molar-refractivity contribution in [3.63, 3.8) is 0 Å². The highest BCUT2D eigenvalue weighted by molar-refractivity contribution is 7.15. The minimum atomic E-state index is -0.297. The molecule has 0 fully saturated rings. The maximum Gasteiger partial charge on any atom is 0.125 e. The summed E-state index contributed by atoms with van der Waals surface area (Å²) in [6, 6.07) is 8.67. The first kappa shape index (κ1) is 12.6. The van der Waals surface area contributed by atoms with Crippen molar-refractivity contribution < 1.29 is 4.39 Å². The van der Waals surface area contributed by atoms with E-state index in [0.717, 1.165) is 23.5 Å². The molecule has 0 bridgehead atoms. The highest BCUT2D eigenvalue weighted by Crippen LogP contribution is 2.30. The third-order valence-corrected chi connectivity index (χ3v) is 3.71. The van der Waals surface area contributed by atoms with Gasteiger partial charge in [0.15, 0.2) is 0 Å². The lowest BCUT2D eigenvalue weighted by Gasteiger charge is -1.99. The van der Waals surface area contributed by atoms with Crippen molar-refractivity contribution in [1.82, 2.24) is 5.32 Å². The molecule has 1 aromatic carbocycles. The van der Waals surface area contributed by atoms with Gasteiger partial charge in [-0.3, -0.25) is 0 Å². The van der Waals surface area contributed by atoms with E-state index in [1.165, 1.54) is 17.0 Å². The molecule has 0 amide bonds. The molecule has 17 heavy (non-hydrogen) atoms. The van der Waals surface area contributed by atoms with Crippen molar-refractivity contribution in [1.29, 1.82) is 0 Å². The number of halogens is 2. The van der Waals surface area contributed by atoms with Crippen LogP contribution in [-0.4, -0.2) is 6.54 Å². The van der Waals surface area contributed by atoms with Gasteiger partial charge in [0.25, 0.3) is 0 Å². The normalized spacial score (nSPS) is 10.8. The zero-order valence-corrected chi connectivity index (χ0v) is 11.0. The summed E-state index contributed by atoms with van der Waals surface area (Å²) in [5.41, 5.74) is 0.836. The Morgan fingerprint density at radius 1 is 1.29 bits per heavy atom. The number of thiophene rings is 1. The molecule has 0 spiro atoms. The minimum absolute atomic E-state index is 0.297. The number of hydrogen-bond acceptors (Lipinski definition) is 2. The van der Waals surface area contributed by atoms with Crippen LogP contribution in [0.25, 0.3) is 10.4 Å². The molecule has 0 saturated heterocycles. The molecule has 0 aliphatic heterocycles. The van der Waals surface area contributed by atoms with Gasteiger partial charge in [0.05, 0.1) is 0 Å². The molecule has 1 aromatic heterocycles. The topological polar surface area (TPSA) is 12.0 Å². The SMILES string of the molecule is CCNCc1ccc(-c2cc(F)cc(Cl)c2)s1. The van der Waals surface area contributed by atoms with E-state index in [1.807, 2.05) is 6.07 Å². The molecular formula is C13H13ClFNS. The van der Waals surface area contributed by atoms with Crippen LogP contribution in [0.15, 0.2) is 30.3 Å². The van der Waals surface area contributed by atoms with Gasteiger partial charge < -0.3 is 5.32 Å². The van der Waals surface area contributed by atoms with E-state index in [4.69, 9.17) is 11.6 Å². The summed E-state index contributed by atoms with van der Waals surface area (Å²) in [5, 5.41) is 3.69. The molecule has 2 rings (SSSR count). The second-order valence-electron chi connectivity index (χ2n) is 3.70. The Kier molecular flexibility index (Phi) is 4.15. The van der Waals surface area contributed by atoms with Gasteiger partial charge in [-0.2, -0.15) is 0 Å². The van der Waals surface area contributed by atoms with Gasteiger partial charge in [-0.15, -0.1) is 11.3 Å². The van der Waals surface area contributed by atoms with Crippen LogP contribution in [0.1, 0.15) is 11.8 Å². The van der Waals surface area contributed by atoms with Crippen LogP contribution in [-0.2, 0) is 6.54 Å². The fraction of sp³-hybridized carbons (Fsp3) is 0.231. The molecule has 90 valence electrons. The third kappa shape index (κ3) is 3.28. The quantitative estimate of drug-likeness (QED) is 0.872. The lowest BCUT2D eigenvalue weighted by molar-refractivity contribution is 0.628. The second-order valence-corrected chi connectivity index (χ2v) is 5.31. The monoisotopic (exact) mass is 269 g/mol. The molecule has 0 unspecified atom stereocenters. The smallest absolute Gasteiger partial charge is 0.125 e. The predicted octanol–water partition coefficient (Wildman–Crippen LogP) is 4.32. The Morgan fingerprint density at radius 2 is 2.12 bits per heavy atom. The number of benzene rings is 1. The van der Waals surface area contributed by atoms with E-state index in [0.29, 0.717) is 5.02 Å². The van der Waals surface area contributed by atoms with E-state index in [-0.39, 0.29) is 5.82 Å². The average Bonchev–Trinajstić information content (AvgIpc) is 2.73. The Bertz CT molecular complexity index is 490. The van der Waals surface area contributed by atoms with Gasteiger partial charge in [-0.05, 0) is 42.4 Å². The highest BCUT2D eigenvalue weighted by Gasteiger charge is 2.05. The Balaban J connectivity index is 2.24. The number of nitrogens with one attached hydrogen (secondary N) is 1. The number of rotatable bonds is 4. The van der Waals surface area contributed by atoms with Gasteiger partial charge in [-0.25, -0.2) is 4.39 Å². The van der Waals surface area contributed by atoms with Gasteiger partial charge in [0.2, 0.25) is 0 Å². The molecule has 0 aliphatic carbocycles. The van der Waals surface area contributed by atoms with Gasteiger partial charge in [-0.1, -0.05) is 18.5 Å². The zero-order chi connectivity index (χ0) is 12.3. The summed E-state index contributed by atoms with van der Waals surface area (Å²) < 4.78 is 13.2. The first-order valence-corrected chi connectivity index (χ1v) is 6.64. The number of hydrogen-bond donors (Lipinski definition) is 1. The first-order chi connectivity index (χ1) is 8.19. The van der Waals surface area contributed by atoms with E-state index >= 15 is 0 Å². The van der Waals surface area contributed by atoms with Gasteiger partial charge in [0.1, 0.15) is 5.82 Å². The molecule has 0 aliphatic rings. The van der Waals surface area contributed by atoms with Crippen molar-refractivity contribution in [2.45, 2.75) is 13.5 Å². The van der Waals surface area contributed by atoms with E-state index in [1.54, 1.807) is 17.4 Å². The van der Waals surface area contributed by atoms with Crippen molar-refractivity contribution in [3.8, 4) is 10.4 Å². The lowest BCUT2D eigenvalue weighted by atomic mass is 10.2. The molecular weight excluding hydrogens is 257 g/mol. The van der Waals surface area contributed by atoms with Crippen LogP contribution in [0.4, 0.5) is 4.39 Å². The molecule has 0 radical (unpaired) electrons. The predicted molar refractivity (Wildman–Crippen MR) is 72.1 cm³/mol. The zero-order valence-electron chi connectivity index (χ0n) is 9.47. The Labute approximate surface area is 109 Å². The van der Waals surface area contributed by atoms with Gasteiger partial charge >= 0.3 is 0 Å². The largest absolute Gasteiger partial charge is 0.312 e. The van der Waals surface area contributed by atoms with Crippen LogP contribution >= 0.6 is 22.9 Å². The average molecular weight is 270 g/mol. The fourth-order valence-electron chi connectivity index (χ4n) is 1.57. The van der Waals surface area contributed by atoms with Crippen LogP contribution in [0.2, 0.25) is 5.02 Å². The highest BCUT2D eigenvalue weighted by atomic mass is 35.5. The lowest BCUT2D eigenvalue weighted by Crippen LogP contribution is -2.10. The Morgan fingerprint density at radius 3 is 2.82 bits per heavy atom. The summed E-state index contributed by atoms with van der Waals surface area (Å²) in [6.07, 6.45) is 0. The second kappa shape index (κ2) is 5.63. The summed E-state index contributed by atoms with van der Waals surface area (Å²) in [6.45, 7) is 3.87. The van der Waals surface area contributed by atoms with E-state index in [2.05, 4.69) is 18.3 Å². The third-order valence-electron chi connectivity index (χ3n) is 2.36. The maximum atomic E-state index is 13.2. The van der Waals surface area contributed by atoms with Gasteiger partial charge in [0, 0.05) is 21.3 Å². The van der Waals surface area contributed by atoms with E-state index < -0.39 is 0 Å². The molecule has 1 N–H and O–H groups in total. The fourth-order valence-corrected chi connectivity index (χ4v) is 2.76. The van der Waals surface area contributed by atoms with Crippen molar-refractivity contribution >= 4 is 22.9 Å². The van der Waals surface area contributed by atoms with Crippen molar-refractivity contribution in [3.05, 3.63) is 46.0 Å². The van der Waals surface area contributed by atoms with Crippen LogP contribution < -0.4 is 5.32 Å². The summed E-state index contributed by atoms with van der Waals surface area (Å²) >= 11 is 7.50. The summed E-state index contributed by atoms with van der Waals surface area (Å²) in [4.78, 5) is 2.28. The van der Waals surface area contributed by atoms with Crippen LogP contribution in [0.5, 0.6) is 0 Å². The molecule has 1 heterocycles. The van der Waals surface area contributed by atoms with Crippen molar-refractivity contribution in [2.75, 3.05) is 6.54 Å². The minimum Gasteiger partial charge on any atom is -0.312 e. The molecule has 0 saturated carbocycles. The van der Waals surface area contributed by atoms with Crippen LogP contribution in [0, 0.1) is 5.82 Å². The summed E-state index contributed by atoms with van der Waals surface area (Å²) in [5.74, 6) is -0.297. The first-order valence-electron chi connectivity index (χ1n) is 5.45. The molecule has 1 nitrogen and oxygen atoms in total. The molecule has 2 aromatic rings. The standard InChI is InChI=1S/C13H13ClFNS/c1-2-16-8-12-3-4-13(17-12)9-5-10(14)7-11(15)6-9/h3-7,16H,2,8H2,1H3. The molecule has 4 heteroatoms. The Hall–Kier alpha value is -0.900. The van der Waals surface area contributed by atoms with Crippen molar-refractivity contribution in [2.24, 2.45) is 0 Å².